The van der Waals surface area contributed by atoms with Crippen LogP contribution in [0.2, 0.25) is 0 Å². The predicted octanol–water partition coefficient (Wildman–Crippen LogP) is 2.96. The second kappa shape index (κ2) is 6.15. The number of rotatable bonds is 3. The van der Waals surface area contributed by atoms with Crippen molar-refractivity contribution in [2.24, 2.45) is 0 Å². The SMILES string of the molecule is Cc1ccc(F)c(CN2CCCCCC2C(=O)O)c1. The van der Waals surface area contributed by atoms with E-state index < -0.39 is 12.0 Å². The topological polar surface area (TPSA) is 40.5 Å². The minimum atomic E-state index is -0.796. The summed E-state index contributed by atoms with van der Waals surface area (Å²) < 4.78 is 13.8. The van der Waals surface area contributed by atoms with Crippen LogP contribution in [0.4, 0.5) is 4.39 Å². The highest BCUT2D eigenvalue weighted by Gasteiger charge is 2.27. The Balaban J connectivity index is 2.18. The van der Waals surface area contributed by atoms with Gasteiger partial charge in [0.05, 0.1) is 0 Å². The summed E-state index contributed by atoms with van der Waals surface area (Å²) in [6, 6.07) is 4.51. The van der Waals surface area contributed by atoms with Crippen LogP contribution in [0.3, 0.4) is 0 Å². The lowest BCUT2D eigenvalue weighted by Gasteiger charge is -2.26. The molecule has 0 aromatic heterocycles. The lowest BCUT2D eigenvalue weighted by molar-refractivity contribution is -0.143. The first-order valence-electron chi connectivity index (χ1n) is 6.80. The van der Waals surface area contributed by atoms with E-state index in [1.807, 2.05) is 11.8 Å². The number of hydrogen-bond donors (Lipinski definition) is 1. The summed E-state index contributed by atoms with van der Waals surface area (Å²) in [6.07, 6.45) is 3.63. The highest BCUT2D eigenvalue weighted by molar-refractivity contribution is 5.73. The van der Waals surface area contributed by atoms with Gasteiger partial charge in [0.25, 0.3) is 0 Å². The Labute approximate surface area is 113 Å². The number of carbonyl (C=O) groups is 1. The molecule has 1 aliphatic heterocycles. The van der Waals surface area contributed by atoms with Crippen molar-refractivity contribution in [3.63, 3.8) is 0 Å². The molecule has 2 rings (SSSR count). The Bertz CT molecular complexity index is 461. The van der Waals surface area contributed by atoms with Crippen LogP contribution in [0.25, 0.3) is 0 Å². The van der Waals surface area contributed by atoms with Crippen LogP contribution in [0.5, 0.6) is 0 Å². The van der Waals surface area contributed by atoms with E-state index in [9.17, 15) is 14.3 Å². The van der Waals surface area contributed by atoms with Gasteiger partial charge in [-0.1, -0.05) is 30.5 Å². The van der Waals surface area contributed by atoms with Gasteiger partial charge in [-0.05, 0) is 32.4 Å². The molecule has 0 spiro atoms. The van der Waals surface area contributed by atoms with Gasteiger partial charge >= 0.3 is 5.97 Å². The maximum atomic E-state index is 13.8. The Morgan fingerprint density at radius 2 is 2.21 bits per heavy atom. The summed E-state index contributed by atoms with van der Waals surface area (Å²) in [5.41, 5.74) is 1.59. The Kier molecular flexibility index (Phi) is 4.53. The predicted molar refractivity (Wildman–Crippen MR) is 71.4 cm³/mol. The van der Waals surface area contributed by atoms with Crippen molar-refractivity contribution in [3.8, 4) is 0 Å². The minimum Gasteiger partial charge on any atom is -0.480 e. The molecular weight excluding hydrogens is 245 g/mol. The van der Waals surface area contributed by atoms with Crippen LogP contribution in [0.1, 0.15) is 36.8 Å². The number of carboxylic acids is 1. The van der Waals surface area contributed by atoms with Crippen LogP contribution in [0, 0.1) is 12.7 Å². The lowest BCUT2D eigenvalue weighted by atomic mass is 10.1. The third-order valence-corrected chi connectivity index (χ3v) is 3.72. The van der Waals surface area contributed by atoms with Crippen LogP contribution in [-0.4, -0.2) is 28.6 Å². The molecule has 0 amide bonds. The van der Waals surface area contributed by atoms with Crippen molar-refractivity contribution in [1.29, 1.82) is 0 Å². The van der Waals surface area contributed by atoms with Crippen molar-refractivity contribution in [2.75, 3.05) is 6.54 Å². The van der Waals surface area contributed by atoms with Gasteiger partial charge in [0.15, 0.2) is 0 Å². The number of carboxylic acid groups (broad SMARTS) is 1. The maximum absolute atomic E-state index is 13.8. The van der Waals surface area contributed by atoms with Crippen molar-refractivity contribution < 1.29 is 14.3 Å². The largest absolute Gasteiger partial charge is 0.480 e. The fraction of sp³-hybridized carbons (Fsp3) is 0.533. The molecule has 1 aromatic carbocycles. The molecule has 3 nitrogen and oxygen atoms in total. The van der Waals surface area contributed by atoms with Gasteiger partial charge in [0.1, 0.15) is 11.9 Å². The lowest BCUT2D eigenvalue weighted by Crippen LogP contribution is -2.40. The molecule has 1 N–H and O–H groups in total. The summed E-state index contributed by atoms with van der Waals surface area (Å²) in [6.45, 7) is 3.02. The van der Waals surface area contributed by atoms with Crippen molar-refractivity contribution in [1.82, 2.24) is 4.90 Å². The van der Waals surface area contributed by atoms with Gasteiger partial charge in [0.2, 0.25) is 0 Å². The second-order valence-electron chi connectivity index (χ2n) is 5.27. The fourth-order valence-electron chi connectivity index (χ4n) is 2.68. The Hall–Kier alpha value is -1.42. The van der Waals surface area contributed by atoms with E-state index in [1.54, 1.807) is 12.1 Å². The molecule has 1 heterocycles. The van der Waals surface area contributed by atoms with E-state index in [1.165, 1.54) is 6.07 Å². The zero-order chi connectivity index (χ0) is 13.8. The van der Waals surface area contributed by atoms with E-state index in [-0.39, 0.29) is 5.82 Å². The number of nitrogens with zero attached hydrogens (tertiary/aromatic N) is 1. The number of aryl methyl sites for hydroxylation is 1. The first-order valence-corrected chi connectivity index (χ1v) is 6.80. The second-order valence-corrected chi connectivity index (χ2v) is 5.27. The monoisotopic (exact) mass is 265 g/mol. The minimum absolute atomic E-state index is 0.251. The molecule has 104 valence electrons. The standard InChI is InChI=1S/C15H20FNO2/c1-11-6-7-13(16)12(9-11)10-17-8-4-2-3-5-14(17)15(18)19/h6-7,9,14H,2-5,8,10H2,1H3,(H,18,19). The molecule has 1 saturated heterocycles. The van der Waals surface area contributed by atoms with Gasteiger partial charge in [-0.25, -0.2) is 4.39 Å². The van der Waals surface area contributed by atoms with Crippen LogP contribution < -0.4 is 0 Å². The van der Waals surface area contributed by atoms with E-state index in [0.29, 0.717) is 18.5 Å². The normalized spacial score (nSPS) is 21.1. The zero-order valence-electron chi connectivity index (χ0n) is 11.2. The van der Waals surface area contributed by atoms with E-state index in [0.717, 1.165) is 31.4 Å². The summed E-state index contributed by atoms with van der Waals surface area (Å²) in [5, 5.41) is 9.30. The quantitative estimate of drug-likeness (QED) is 0.913. The van der Waals surface area contributed by atoms with Gasteiger partial charge in [-0.3, -0.25) is 9.69 Å². The summed E-state index contributed by atoms with van der Waals surface area (Å²) in [4.78, 5) is 13.2. The molecule has 1 atom stereocenters. The number of halogens is 1. The average Bonchev–Trinajstić information content (AvgIpc) is 2.59. The fourth-order valence-corrected chi connectivity index (χ4v) is 2.68. The van der Waals surface area contributed by atoms with Crippen LogP contribution in [0.15, 0.2) is 18.2 Å². The van der Waals surface area contributed by atoms with Gasteiger partial charge in [-0.2, -0.15) is 0 Å². The van der Waals surface area contributed by atoms with Gasteiger partial charge in [-0.15, -0.1) is 0 Å². The molecule has 4 heteroatoms. The molecule has 1 unspecified atom stereocenters. The number of likely N-dealkylation sites (tertiary alicyclic amines) is 1. The molecular formula is C15H20FNO2. The summed E-state index contributed by atoms with van der Waals surface area (Å²) in [7, 11) is 0. The highest BCUT2D eigenvalue weighted by Crippen LogP contribution is 2.21. The van der Waals surface area contributed by atoms with Crippen LogP contribution in [-0.2, 0) is 11.3 Å². The third-order valence-electron chi connectivity index (χ3n) is 3.72. The molecule has 1 aromatic rings. The van der Waals surface area contributed by atoms with Crippen molar-refractivity contribution in [3.05, 3.63) is 35.1 Å². The number of benzene rings is 1. The molecule has 19 heavy (non-hydrogen) atoms. The van der Waals surface area contributed by atoms with Crippen LogP contribution >= 0.6 is 0 Å². The van der Waals surface area contributed by atoms with Crippen molar-refractivity contribution >= 4 is 5.97 Å². The molecule has 0 aliphatic carbocycles. The zero-order valence-corrected chi connectivity index (χ0v) is 11.2. The van der Waals surface area contributed by atoms with Gasteiger partial charge < -0.3 is 5.11 Å². The molecule has 0 saturated carbocycles. The van der Waals surface area contributed by atoms with E-state index in [4.69, 9.17) is 0 Å². The van der Waals surface area contributed by atoms with E-state index in [2.05, 4.69) is 0 Å². The number of aliphatic carboxylic acids is 1. The molecule has 1 aliphatic rings. The van der Waals surface area contributed by atoms with Crippen molar-refractivity contribution in [2.45, 2.75) is 45.2 Å². The first kappa shape index (κ1) is 14.0. The third kappa shape index (κ3) is 3.53. The molecule has 0 radical (unpaired) electrons. The smallest absolute Gasteiger partial charge is 0.320 e. The Morgan fingerprint density at radius 3 is 2.95 bits per heavy atom. The van der Waals surface area contributed by atoms with Gasteiger partial charge in [0, 0.05) is 12.1 Å². The summed E-state index contributed by atoms with van der Waals surface area (Å²) in [5.74, 6) is -1.05. The average molecular weight is 265 g/mol. The maximum Gasteiger partial charge on any atom is 0.320 e. The molecule has 1 fully saturated rings. The van der Waals surface area contributed by atoms with E-state index >= 15 is 0 Å². The first-order chi connectivity index (χ1) is 9.08. The number of hydrogen-bond acceptors (Lipinski definition) is 2. The Morgan fingerprint density at radius 1 is 1.42 bits per heavy atom. The summed E-state index contributed by atoms with van der Waals surface area (Å²) >= 11 is 0. The molecule has 0 bridgehead atoms. The highest BCUT2D eigenvalue weighted by atomic mass is 19.1.